The summed E-state index contributed by atoms with van der Waals surface area (Å²) in [5.41, 5.74) is 0.876. The number of phenolic OH excluding ortho intramolecular Hbond substituents is 3. The van der Waals surface area contributed by atoms with E-state index >= 15 is 0 Å². The molecule has 0 unspecified atom stereocenters. The molecule has 1 atom stereocenters. The second kappa shape index (κ2) is 8.00. The molecule has 2 heterocycles. The Morgan fingerprint density at radius 2 is 1.76 bits per heavy atom. The van der Waals surface area contributed by atoms with Crippen molar-refractivity contribution in [2.45, 2.75) is 12.3 Å². The first kappa shape index (κ1) is 21.7. The molecule has 0 fully saturated rings. The van der Waals surface area contributed by atoms with Gasteiger partial charge in [0.05, 0.1) is 18.6 Å². The lowest BCUT2D eigenvalue weighted by atomic mass is 9.85. The minimum absolute atomic E-state index is 0.0366. The van der Waals surface area contributed by atoms with E-state index in [2.05, 4.69) is 0 Å². The first-order valence-corrected chi connectivity index (χ1v) is 10.5. The van der Waals surface area contributed by atoms with Gasteiger partial charge in [-0.3, -0.25) is 9.59 Å². The van der Waals surface area contributed by atoms with Gasteiger partial charge in [-0.15, -0.1) is 0 Å². The zero-order valence-corrected chi connectivity index (χ0v) is 18.4. The molecule has 1 aliphatic heterocycles. The summed E-state index contributed by atoms with van der Waals surface area (Å²) in [6.07, 6.45) is -0.0781. The molecule has 4 aromatic rings. The fraction of sp³-hybridized carbons (Fsp3) is 0.120. The van der Waals surface area contributed by atoms with Gasteiger partial charge in [0, 0.05) is 29.2 Å². The molecular formula is C25H17ClO8. The van der Waals surface area contributed by atoms with Crippen molar-refractivity contribution in [2.24, 2.45) is 0 Å². The molecule has 3 N–H and O–H groups in total. The molecule has 8 nitrogen and oxygen atoms in total. The molecule has 0 spiro atoms. The number of carbonyl (C=O) groups is 1. The highest BCUT2D eigenvalue weighted by atomic mass is 35.5. The van der Waals surface area contributed by atoms with Crippen LogP contribution in [0, 0.1) is 0 Å². The summed E-state index contributed by atoms with van der Waals surface area (Å²) in [4.78, 5) is 25.4. The van der Waals surface area contributed by atoms with Crippen LogP contribution < -0.4 is 14.9 Å². The normalized spacial score (nSPS) is 15.1. The van der Waals surface area contributed by atoms with E-state index in [9.17, 15) is 24.9 Å². The van der Waals surface area contributed by atoms with Crippen LogP contribution in [0.4, 0.5) is 0 Å². The maximum Gasteiger partial charge on any atom is 0.312 e. The molecule has 0 saturated heterocycles. The first-order chi connectivity index (χ1) is 16.3. The van der Waals surface area contributed by atoms with Gasteiger partial charge >= 0.3 is 5.97 Å². The minimum Gasteiger partial charge on any atom is -0.507 e. The quantitative estimate of drug-likeness (QED) is 0.285. The molecule has 5 rings (SSSR count). The van der Waals surface area contributed by atoms with Crippen molar-refractivity contribution in [3.63, 3.8) is 0 Å². The lowest BCUT2D eigenvalue weighted by Gasteiger charge is -2.26. The Kier molecular flexibility index (Phi) is 5.10. The van der Waals surface area contributed by atoms with E-state index < -0.39 is 23.1 Å². The smallest absolute Gasteiger partial charge is 0.312 e. The second-order valence-electron chi connectivity index (χ2n) is 7.81. The number of hydrogen-bond acceptors (Lipinski definition) is 8. The number of esters is 1. The minimum atomic E-state index is -0.625. The predicted octanol–water partition coefficient (Wildman–Crippen LogP) is 4.68. The average molecular weight is 481 g/mol. The number of methoxy groups -OCH3 is 1. The molecule has 1 aromatic heterocycles. The number of rotatable bonds is 3. The number of benzene rings is 3. The summed E-state index contributed by atoms with van der Waals surface area (Å²) >= 11 is 6.10. The van der Waals surface area contributed by atoms with E-state index in [4.69, 9.17) is 25.5 Å². The zero-order chi connectivity index (χ0) is 24.1. The monoisotopic (exact) mass is 480 g/mol. The van der Waals surface area contributed by atoms with E-state index in [0.29, 0.717) is 16.7 Å². The van der Waals surface area contributed by atoms with Gasteiger partial charge in [0.25, 0.3) is 0 Å². The van der Waals surface area contributed by atoms with Gasteiger partial charge in [0.1, 0.15) is 34.0 Å². The Labute approximate surface area is 197 Å². The second-order valence-corrected chi connectivity index (χ2v) is 8.22. The maximum atomic E-state index is 13.0. The van der Waals surface area contributed by atoms with Crippen molar-refractivity contribution in [2.75, 3.05) is 7.11 Å². The molecule has 0 aliphatic carbocycles. The average Bonchev–Trinajstić information content (AvgIpc) is 2.79. The van der Waals surface area contributed by atoms with Gasteiger partial charge in [-0.1, -0.05) is 17.7 Å². The summed E-state index contributed by atoms with van der Waals surface area (Å²) in [5.74, 6) is -1.41. The molecule has 0 bridgehead atoms. The molecule has 0 amide bonds. The van der Waals surface area contributed by atoms with Gasteiger partial charge in [-0.2, -0.15) is 0 Å². The Balaban J connectivity index is 1.79. The van der Waals surface area contributed by atoms with Crippen molar-refractivity contribution in [3.8, 4) is 40.1 Å². The van der Waals surface area contributed by atoms with Crippen LogP contribution in [0.25, 0.3) is 22.3 Å². The van der Waals surface area contributed by atoms with Crippen molar-refractivity contribution >= 4 is 28.5 Å². The van der Waals surface area contributed by atoms with E-state index in [1.54, 1.807) is 12.1 Å². The highest BCUT2D eigenvalue weighted by Crippen LogP contribution is 2.47. The number of phenols is 3. The molecule has 0 saturated carbocycles. The van der Waals surface area contributed by atoms with Gasteiger partial charge in [0.2, 0.25) is 0 Å². The van der Waals surface area contributed by atoms with E-state index in [0.717, 1.165) is 0 Å². The summed E-state index contributed by atoms with van der Waals surface area (Å²) in [6, 6.07) is 11.5. The van der Waals surface area contributed by atoms with Crippen LogP contribution >= 0.6 is 11.6 Å². The number of halogens is 1. The SMILES string of the molecule is COc1ccc(-c2cc(=O)c3c(O)cc4c(c3o2)[C@@H](c2ccc(O)c(Cl)c2)CC(=O)O4)cc1O. The fourth-order valence-corrected chi connectivity index (χ4v) is 4.36. The first-order valence-electron chi connectivity index (χ1n) is 10.2. The van der Waals surface area contributed by atoms with Crippen LogP contribution in [0.15, 0.2) is 57.7 Å². The van der Waals surface area contributed by atoms with Crippen LogP contribution in [0.3, 0.4) is 0 Å². The van der Waals surface area contributed by atoms with Crippen LogP contribution in [-0.4, -0.2) is 28.4 Å². The van der Waals surface area contributed by atoms with E-state index in [1.165, 1.54) is 43.5 Å². The van der Waals surface area contributed by atoms with Gasteiger partial charge < -0.3 is 29.2 Å². The standard InChI is InChI=1S/C25H17ClO8/c1-32-19-5-3-12(7-16(19)28)20-9-17(29)24-18(30)10-21-23(25(24)34-20)13(8-22(31)33-21)11-2-4-15(27)14(26)6-11/h2-7,9-10,13,27-28,30H,8H2,1H3/t13-/m1/s1. The third-order valence-corrected chi connectivity index (χ3v) is 6.06. The Morgan fingerprint density at radius 3 is 2.47 bits per heavy atom. The molecule has 1 aliphatic rings. The van der Waals surface area contributed by atoms with Crippen LogP contribution in [0.5, 0.6) is 28.7 Å². The topological polar surface area (TPSA) is 126 Å². The highest BCUT2D eigenvalue weighted by Gasteiger charge is 2.34. The third kappa shape index (κ3) is 3.48. The fourth-order valence-electron chi connectivity index (χ4n) is 4.17. The van der Waals surface area contributed by atoms with Gasteiger partial charge in [-0.25, -0.2) is 0 Å². The van der Waals surface area contributed by atoms with Crippen molar-refractivity contribution < 1.29 is 34.0 Å². The number of fused-ring (bicyclic) bond motifs is 3. The Bertz CT molecular complexity index is 1540. The lowest BCUT2D eigenvalue weighted by Crippen LogP contribution is -2.22. The highest BCUT2D eigenvalue weighted by molar-refractivity contribution is 6.32. The zero-order valence-electron chi connectivity index (χ0n) is 17.7. The van der Waals surface area contributed by atoms with Gasteiger partial charge in [0.15, 0.2) is 16.9 Å². The summed E-state index contributed by atoms with van der Waals surface area (Å²) in [5, 5.41) is 30.5. The Hall–Kier alpha value is -4.17. The maximum absolute atomic E-state index is 13.0. The van der Waals surface area contributed by atoms with Crippen LogP contribution in [0.1, 0.15) is 23.5 Å². The molecular weight excluding hydrogens is 464 g/mol. The van der Waals surface area contributed by atoms with Crippen LogP contribution in [0.2, 0.25) is 5.02 Å². The van der Waals surface area contributed by atoms with Crippen molar-refractivity contribution in [3.05, 3.63) is 74.9 Å². The van der Waals surface area contributed by atoms with E-state index in [-0.39, 0.29) is 51.2 Å². The number of carbonyl (C=O) groups excluding carboxylic acids is 1. The molecule has 172 valence electrons. The largest absolute Gasteiger partial charge is 0.507 e. The number of ether oxygens (including phenoxy) is 2. The van der Waals surface area contributed by atoms with Crippen molar-refractivity contribution in [1.82, 2.24) is 0 Å². The predicted molar refractivity (Wildman–Crippen MR) is 123 cm³/mol. The van der Waals surface area contributed by atoms with E-state index in [1.807, 2.05) is 0 Å². The summed E-state index contributed by atoms with van der Waals surface area (Å²) in [7, 11) is 1.41. The number of hydrogen-bond donors (Lipinski definition) is 3. The number of aromatic hydroxyl groups is 3. The van der Waals surface area contributed by atoms with Crippen molar-refractivity contribution in [1.29, 1.82) is 0 Å². The molecule has 34 heavy (non-hydrogen) atoms. The summed E-state index contributed by atoms with van der Waals surface area (Å²) < 4.78 is 16.5. The third-order valence-electron chi connectivity index (χ3n) is 5.76. The Morgan fingerprint density at radius 1 is 0.971 bits per heavy atom. The molecule has 0 radical (unpaired) electrons. The molecule has 9 heteroatoms. The van der Waals surface area contributed by atoms with Gasteiger partial charge in [-0.05, 0) is 35.9 Å². The molecule has 3 aromatic carbocycles. The lowest BCUT2D eigenvalue weighted by molar-refractivity contribution is -0.135. The van der Waals surface area contributed by atoms with Crippen LogP contribution in [-0.2, 0) is 4.79 Å². The summed E-state index contributed by atoms with van der Waals surface area (Å²) in [6.45, 7) is 0.